The van der Waals surface area contributed by atoms with E-state index < -0.39 is 5.60 Å². The monoisotopic (exact) mass is 374 g/mol. The summed E-state index contributed by atoms with van der Waals surface area (Å²) in [6.45, 7) is 8.30. The highest BCUT2D eigenvalue weighted by atomic mass is 127. The van der Waals surface area contributed by atoms with Gasteiger partial charge in [-0.3, -0.25) is 4.90 Å². The molecule has 2 heterocycles. The molecule has 2 rings (SSSR count). The quantitative estimate of drug-likeness (QED) is 0.600. The molecule has 1 amide bonds. The lowest BCUT2D eigenvalue weighted by Crippen LogP contribution is -2.37. The van der Waals surface area contributed by atoms with Gasteiger partial charge in [0.15, 0.2) is 0 Å². The van der Waals surface area contributed by atoms with Crippen molar-refractivity contribution < 1.29 is 9.53 Å². The minimum atomic E-state index is -0.470. The third kappa shape index (κ3) is 3.52. The van der Waals surface area contributed by atoms with Crippen molar-refractivity contribution in [1.82, 2.24) is 9.88 Å². The van der Waals surface area contributed by atoms with E-state index in [0.717, 1.165) is 9.26 Å². The molecule has 0 saturated carbocycles. The number of hydrogen-bond acceptors (Lipinski definition) is 2. The molecule has 0 saturated heterocycles. The van der Waals surface area contributed by atoms with E-state index in [1.807, 2.05) is 33.9 Å². The Bertz CT molecular complexity index is 514. The highest BCUT2D eigenvalue weighted by molar-refractivity contribution is 14.1. The van der Waals surface area contributed by atoms with E-state index in [9.17, 15) is 4.79 Å². The van der Waals surface area contributed by atoms with Gasteiger partial charge in [0.05, 0.1) is 6.04 Å². The lowest BCUT2D eigenvalue weighted by atomic mass is 10.2. The fraction of sp³-hybridized carbons (Fsp3) is 0.500. The topological polar surface area (TPSA) is 45.3 Å². The first kappa shape index (κ1) is 14.4. The molecule has 1 atom stereocenters. The molecule has 1 aromatic rings. The number of nitrogens with zero attached hydrogens (tertiary/aromatic N) is 1. The van der Waals surface area contributed by atoms with Crippen LogP contribution in [0.1, 0.15) is 39.4 Å². The number of carbonyl (C=O) groups excluding carboxylic acids is 1. The summed E-state index contributed by atoms with van der Waals surface area (Å²) in [7, 11) is 0. The van der Waals surface area contributed by atoms with Crippen LogP contribution in [0.4, 0.5) is 4.79 Å². The predicted octanol–water partition coefficient (Wildman–Crippen LogP) is 3.86. The second kappa shape index (κ2) is 5.19. The zero-order valence-electron chi connectivity index (χ0n) is 11.7. The number of hydrogen-bond donors (Lipinski definition) is 1. The van der Waals surface area contributed by atoms with Gasteiger partial charge in [-0.05, 0) is 56.4 Å². The Labute approximate surface area is 127 Å². The van der Waals surface area contributed by atoms with Crippen molar-refractivity contribution in [3.8, 4) is 0 Å². The average molecular weight is 374 g/mol. The Kier molecular flexibility index (Phi) is 3.94. The number of rotatable bonds is 1. The number of carbonyl (C=O) groups is 1. The molecule has 0 aromatic carbocycles. The number of nitrogens with one attached hydrogen (secondary N) is 1. The second-order valence-electron chi connectivity index (χ2n) is 5.84. The molecule has 1 aliphatic rings. The molecule has 0 aliphatic carbocycles. The maximum absolute atomic E-state index is 12.3. The van der Waals surface area contributed by atoms with E-state index in [2.05, 4.69) is 39.7 Å². The number of H-pyrrole nitrogens is 1. The summed E-state index contributed by atoms with van der Waals surface area (Å²) >= 11 is 2.25. The van der Waals surface area contributed by atoms with Gasteiger partial charge in [0.1, 0.15) is 5.60 Å². The molecule has 0 fully saturated rings. The number of amides is 1. The molecule has 1 aromatic heterocycles. The standard InChI is InChI=1S/C14H19IN2O2/c1-9-5-12(11-6-10(15)7-16-11)17(8-9)13(18)19-14(2,3)4/h5-7,12,16H,8H2,1-4H3/t12-/m0/s1. The van der Waals surface area contributed by atoms with E-state index in [1.165, 1.54) is 5.57 Å². The summed E-state index contributed by atoms with van der Waals surface area (Å²) in [6.07, 6.45) is 3.77. The molecular formula is C14H19IN2O2. The summed E-state index contributed by atoms with van der Waals surface area (Å²) in [4.78, 5) is 17.2. The van der Waals surface area contributed by atoms with Crippen molar-refractivity contribution in [2.24, 2.45) is 0 Å². The van der Waals surface area contributed by atoms with Crippen LogP contribution in [-0.4, -0.2) is 28.1 Å². The van der Waals surface area contributed by atoms with Crippen LogP contribution in [0.5, 0.6) is 0 Å². The normalized spacial score (nSPS) is 19.5. The highest BCUT2D eigenvalue weighted by Crippen LogP contribution is 2.31. The van der Waals surface area contributed by atoms with Crippen LogP contribution in [0.15, 0.2) is 23.9 Å². The smallest absolute Gasteiger partial charge is 0.411 e. The maximum atomic E-state index is 12.3. The van der Waals surface area contributed by atoms with Gasteiger partial charge in [-0.15, -0.1) is 0 Å². The third-order valence-electron chi connectivity index (χ3n) is 2.81. The molecule has 4 nitrogen and oxygen atoms in total. The Balaban J connectivity index is 2.19. The first-order chi connectivity index (χ1) is 8.76. The van der Waals surface area contributed by atoms with Crippen molar-refractivity contribution in [2.75, 3.05) is 6.54 Å². The Hall–Kier alpha value is -0.980. The highest BCUT2D eigenvalue weighted by Gasteiger charge is 2.32. The first-order valence-corrected chi connectivity index (χ1v) is 7.35. The van der Waals surface area contributed by atoms with E-state index in [1.54, 1.807) is 4.90 Å². The molecule has 0 spiro atoms. The van der Waals surface area contributed by atoms with Crippen LogP contribution in [0.2, 0.25) is 0 Å². The molecule has 1 N–H and O–H groups in total. The Morgan fingerprint density at radius 3 is 2.74 bits per heavy atom. The Morgan fingerprint density at radius 2 is 2.21 bits per heavy atom. The molecule has 0 unspecified atom stereocenters. The minimum Gasteiger partial charge on any atom is -0.444 e. The minimum absolute atomic E-state index is 0.0571. The van der Waals surface area contributed by atoms with Crippen LogP contribution in [-0.2, 0) is 4.74 Å². The van der Waals surface area contributed by atoms with Crippen molar-refractivity contribution >= 4 is 28.7 Å². The van der Waals surface area contributed by atoms with E-state index >= 15 is 0 Å². The van der Waals surface area contributed by atoms with Crippen molar-refractivity contribution in [3.63, 3.8) is 0 Å². The SMILES string of the molecule is CC1=C[C@@H](c2cc(I)c[nH]2)N(C(=O)OC(C)(C)C)C1. The molecule has 19 heavy (non-hydrogen) atoms. The summed E-state index contributed by atoms with van der Waals surface area (Å²) in [5, 5.41) is 0. The molecule has 1 aliphatic heterocycles. The van der Waals surface area contributed by atoms with Crippen LogP contribution < -0.4 is 0 Å². The van der Waals surface area contributed by atoms with E-state index in [0.29, 0.717) is 6.54 Å². The maximum Gasteiger partial charge on any atom is 0.411 e. The first-order valence-electron chi connectivity index (χ1n) is 6.27. The van der Waals surface area contributed by atoms with Gasteiger partial charge < -0.3 is 9.72 Å². The van der Waals surface area contributed by atoms with E-state index in [4.69, 9.17) is 4.74 Å². The fourth-order valence-corrected chi connectivity index (χ4v) is 2.58. The van der Waals surface area contributed by atoms with Gasteiger partial charge in [0.2, 0.25) is 0 Å². The largest absolute Gasteiger partial charge is 0.444 e. The average Bonchev–Trinajstić information content (AvgIpc) is 2.81. The fourth-order valence-electron chi connectivity index (χ4n) is 2.09. The van der Waals surface area contributed by atoms with Gasteiger partial charge in [0.25, 0.3) is 0 Å². The molecule has 0 bridgehead atoms. The van der Waals surface area contributed by atoms with E-state index in [-0.39, 0.29) is 12.1 Å². The molecule has 104 valence electrons. The van der Waals surface area contributed by atoms with Gasteiger partial charge >= 0.3 is 6.09 Å². The summed E-state index contributed by atoms with van der Waals surface area (Å²) < 4.78 is 6.60. The van der Waals surface area contributed by atoms with Gasteiger partial charge in [-0.1, -0.05) is 11.6 Å². The Morgan fingerprint density at radius 1 is 1.53 bits per heavy atom. The molecular weight excluding hydrogens is 355 g/mol. The second-order valence-corrected chi connectivity index (χ2v) is 7.08. The van der Waals surface area contributed by atoms with Crippen molar-refractivity contribution in [1.29, 1.82) is 0 Å². The van der Waals surface area contributed by atoms with Crippen LogP contribution in [0, 0.1) is 3.57 Å². The molecule has 5 heteroatoms. The number of aromatic amines is 1. The zero-order valence-corrected chi connectivity index (χ0v) is 13.8. The predicted molar refractivity (Wildman–Crippen MR) is 82.9 cm³/mol. The van der Waals surface area contributed by atoms with Gasteiger partial charge in [-0.25, -0.2) is 4.79 Å². The lowest BCUT2D eigenvalue weighted by Gasteiger charge is -2.28. The summed E-state index contributed by atoms with van der Waals surface area (Å²) in [5.41, 5.74) is 1.73. The van der Waals surface area contributed by atoms with Crippen LogP contribution >= 0.6 is 22.6 Å². The number of halogens is 1. The van der Waals surface area contributed by atoms with Crippen molar-refractivity contribution in [3.05, 3.63) is 33.2 Å². The van der Waals surface area contributed by atoms with Crippen LogP contribution in [0.25, 0.3) is 0 Å². The lowest BCUT2D eigenvalue weighted by molar-refractivity contribution is 0.0235. The van der Waals surface area contributed by atoms with Crippen LogP contribution in [0.3, 0.4) is 0 Å². The molecule has 0 radical (unpaired) electrons. The van der Waals surface area contributed by atoms with Gasteiger partial charge in [-0.2, -0.15) is 0 Å². The van der Waals surface area contributed by atoms with Crippen molar-refractivity contribution in [2.45, 2.75) is 39.3 Å². The summed E-state index contributed by atoms with van der Waals surface area (Å²) in [6, 6.07) is 2.00. The third-order valence-corrected chi connectivity index (χ3v) is 3.44. The number of aromatic nitrogens is 1. The van der Waals surface area contributed by atoms with Gasteiger partial charge in [0, 0.05) is 22.0 Å². The number of ether oxygens (including phenoxy) is 1. The summed E-state index contributed by atoms with van der Waals surface area (Å²) in [5.74, 6) is 0. The zero-order chi connectivity index (χ0) is 14.2.